The Hall–Kier alpha value is -0.140. The summed E-state index contributed by atoms with van der Waals surface area (Å²) in [6.07, 6.45) is 0.758. The molecule has 0 saturated heterocycles. The van der Waals surface area contributed by atoms with E-state index in [0.717, 1.165) is 16.2 Å². The van der Waals surface area contributed by atoms with E-state index in [-0.39, 0.29) is 6.04 Å². The summed E-state index contributed by atoms with van der Waals surface area (Å²) in [6, 6.07) is 1.62. The van der Waals surface area contributed by atoms with Crippen LogP contribution in [0.2, 0.25) is 0 Å². The van der Waals surface area contributed by atoms with Gasteiger partial charge in [-0.25, -0.2) is 8.42 Å². The van der Waals surface area contributed by atoms with Crippen molar-refractivity contribution in [3.8, 4) is 0 Å². The van der Waals surface area contributed by atoms with Crippen molar-refractivity contribution >= 4 is 33.0 Å². The van der Waals surface area contributed by atoms with Crippen LogP contribution < -0.4 is 0 Å². The molecule has 0 aromatic carbocycles. The fourth-order valence-electron chi connectivity index (χ4n) is 1.93. The fourth-order valence-corrected chi connectivity index (χ4v) is 5.32. The molecule has 0 aliphatic carbocycles. The molecule has 0 aliphatic rings. The Morgan fingerprint density at radius 3 is 2.60 bits per heavy atom. The van der Waals surface area contributed by atoms with Crippen molar-refractivity contribution in [2.75, 3.05) is 20.3 Å². The van der Waals surface area contributed by atoms with Crippen LogP contribution in [-0.2, 0) is 20.6 Å². The minimum absolute atomic E-state index is 0.0612. The second-order valence-corrected chi connectivity index (χ2v) is 8.10. The van der Waals surface area contributed by atoms with Crippen molar-refractivity contribution in [2.45, 2.75) is 44.0 Å². The second-order valence-electron chi connectivity index (χ2n) is 4.63. The normalized spacial score (nSPS) is 13.9. The molecule has 1 heterocycles. The molecule has 116 valence electrons. The molecule has 7 heteroatoms. The highest BCUT2D eigenvalue weighted by molar-refractivity contribution is 7.89. The van der Waals surface area contributed by atoms with Crippen molar-refractivity contribution in [1.29, 1.82) is 0 Å². The van der Waals surface area contributed by atoms with E-state index in [1.54, 1.807) is 13.2 Å². The molecular formula is C13H22ClNO3S2. The molecule has 0 fully saturated rings. The number of hydrogen-bond acceptors (Lipinski definition) is 4. The summed E-state index contributed by atoms with van der Waals surface area (Å²) >= 11 is 7.23. The molecule has 0 radical (unpaired) electrons. The lowest BCUT2D eigenvalue weighted by molar-refractivity contribution is 0.167. The number of rotatable bonds is 8. The number of alkyl halides is 1. The van der Waals surface area contributed by atoms with Gasteiger partial charge in [-0.2, -0.15) is 4.31 Å². The molecule has 1 aromatic rings. The Balaban J connectivity index is 3.17. The molecule has 0 saturated carbocycles. The van der Waals surface area contributed by atoms with Gasteiger partial charge in [0, 0.05) is 29.5 Å². The van der Waals surface area contributed by atoms with Gasteiger partial charge >= 0.3 is 0 Å². The zero-order chi connectivity index (χ0) is 15.3. The van der Waals surface area contributed by atoms with Gasteiger partial charge in [0.25, 0.3) is 0 Å². The quantitative estimate of drug-likeness (QED) is 0.683. The molecule has 0 spiro atoms. The number of ether oxygens (including phenoxy) is 1. The van der Waals surface area contributed by atoms with Gasteiger partial charge in [0.15, 0.2) is 0 Å². The summed E-state index contributed by atoms with van der Waals surface area (Å²) in [6.45, 7) is 6.45. The summed E-state index contributed by atoms with van der Waals surface area (Å²) in [5, 5.41) is 0. The van der Waals surface area contributed by atoms with Gasteiger partial charge in [0.2, 0.25) is 10.0 Å². The molecule has 0 N–H and O–H groups in total. The molecule has 0 aliphatic heterocycles. The molecule has 1 rings (SSSR count). The van der Waals surface area contributed by atoms with E-state index in [1.165, 1.54) is 15.6 Å². The van der Waals surface area contributed by atoms with Gasteiger partial charge < -0.3 is 4.74 Å². The minimum atomic E-state index is -3.50. The third-order valence-electron chi connectivity index (χ3n) is 3.24. The highest BCUT2D eigenvalue weighted by atomic mass is 35.5. The Labute approximate surface area is 130 Å². The monoisotopic (exact) mass is 339 g/mol. The van der Waals surface area contributed by atoms with Crippen molar-refractivity contribution in [2.24, 2.45) is 0 Å². The number of aryl methyl sites for hydroxylation is 1. The smallest absolute Gasteiger partial charge is 0.244 e. The summed E-state index contributed by atoms with van der Waals surface area (Å²) in [5.74, 6) is 0.336. The van der Waals surface area contributed by atoms with Crippen LogP contribution in [0.25, 0.3) is 0 Å². The SMILES string of the molecule is CCC(C)N(CCOC)S(=O)(=O)c1cc(CCl)sc1C. The third-order valence-corrected chi connectivity index (χ3v) is 7.01. The molecule has 0 bridgehead atoms. The molecule has 4 nitrogen and oxygen atoms in total. The molecule has 1 atom stereocenters. The Kier molecular flexibility index (Phi) is 6.94. The van der Waals surface area contributed by atoms with Crippen molar-refractivity contribution < 1.29 is 13.2 Å². The number of halogens is 1. The summed E-state index contributed by atoms with van der Waals surface area (Å²) in [5.41, 5.74) is 0. The summed E-state index contributed by atoms with van der Waals surface area (Å²) in [4.78, 5) is 2.03. The van der Waals surface area contributed by atoms with E-state index in [2.05, 4.69) is 0 Å². The molecule has 1 aromatic heterocycles. The van der Waals surface area contributed by atoms with Gasteiger partial charge in [-0.1, -0.05) is 6.92 Å². The average molecular weight is 340 g/mol. The maximum absolute atomic E-state index is 12.8. The van der Waals surface area contributed by atoms with Crippen LogP contribution in [0.4, 0.5) is 0 Å². The predicted molar refractivity (Wildman–Crippen MR) is 84.1 cm³/mol. The van der Waals surface area contributed by atoms with E-state index < -0.39 is 10.0 Å². The van der Waals surface area contributed by atoms with Gasteiger partial charge in [0.1, 0.15) is 0 Å². The number of methoxy groups -OCH3 is 1. The first kappa shape index (κ1) is 17.9. The van der Waals surface area contributed by atoms with Gasteiger partial charge in [-0.3, -0.25) is 0 Å². The fraction of sp³-hybridized carbons (Fsp3) is 0.692. The summed E-state index contributed by atoms with van der Waals surface area (Å²) < 4.78 is 32.2. The topological polar surface area (TPSA) is 46.6 Å². The summed E-state index contributed by atoms with van der Waals surface area (Å²) in [7, 11) is -1.93. The molecular weight excluding hydrogens is 318 g/mol. The first-order chi connectivity index (χ1) is 9.38. The van der Waals surface area contributed by atoms with Crippen LogP contribution in [-0.4, -0.2) is 39.0 Å². The number of nitrogens with zero attached hydrogens (tertiary/aromatic N) is 1. The van der Waals surface area contributed by atoms with Crippen LogP contribution in [0.15, 0.2) is 11.0 Å². The Morgan fingerprint density at radius 2 is 2.15 bits per heavy atom. The highest BCUT2D eigenvalue weighted by Crippen LogP contribution is 2.30. The molecule has 1 unspecified atom stereocenters. The van der Waals surface area contributed by atoms with E-state index >= 15 is 0 Å². The second kappa shape index (κ2) is 7.75. The Bertz CT molecular complexity index is 528. The third kappa shape index (κ3) is 3.95. The van der Waals surface area contributed by atoms with Crippen molar-refractivity contribution in [1.82, 2.24) is 4.31 Å². The van der Waals surface area contributed by atoms with Gasteiger partial charge in [-0.15, -0.1) is 22.9 Å². The average Bonchev–Trinajstić information content (AvgIpc) is 2.80. The number of thiophene rings is 1. The van der Waals surface area contributed by atoms with Crippen LogP contribution in [0, 0.1) is 6.92 Å². The number of sulfonamides is 1. The van der Waals surface area contributed by atoms with Gasteiger partial charge in [0.05, 0.1) is 17.4 Å². The van der Waals surface area contributed by atoms with Crippen molar-refractivity contribution in [3.63, 3.8) is 0 Å². The lowest BCUT2D eigenvalue weighted by atomic mass is 10.3. The van der Waals surface area contributed by atoms with Crippen LogP contribution >= 0.6 is 22.9 Å². The molecule has 20 heavy (non-hydrogen) atoms. The zero-order valence-corrected chi connectivity index (χ0v) is 14.7. The van der Waals surface area contributed by atoms with E-state index in [1.807, 2.05) is 20.8 Å². The van der Waals surface area contributed by atoms with Crippen LogP contribution in [0.5, 0.6) is 0 Å². The maximum atomic E-state index is 12.8. The maximum Gasteiger partial charge on any atom is 0.244 e. The lowest BCUT2D eigenvalue weighted by Gasteiger charge is -2.27. The Morgan fingerprint density at radius 1 is 1.50 bits per heavy atom. The van der Waals surface area contributed by atoms with Crippen molar-refractivity contribution in [3.05, 3.63) is 15.8 Å². The van der Waals surface area contributed by atoms with E-state index in [9.17, 15) is 8.42 Å². The van der Waals surface area contributed by atoms with E-state index in [0.29, 0.717) is 23.9 Å². The minimum Gasteiger partial charge on any atom is -0.383 e. The highest BCUT2D eigenvalue weighted by Gasteiger charge is 2.30. The zero-order valence-electron chi connectivity index (χ0n) is 12.3. The van der Waals surface area contributed by atoms with E-state index in [4.69, 9.17) is 16.3 Å². The lowest BCUT2D eigenvalue weighted by Crippen LogP contribution is -2.40. The predicted octanol–water partition coefficient (Wildman–Crippen LogP) is 3.23. The standard InChI is InChI=1S/C13H22ClNO3S2/c1-5-10(2)15(6-7-18-4)20(16,17)13-8-12(9-14)19-11(13)3/h8,10H,5-7,9H2,1-4H3. The van der Waals surface area contributed by atoms with Crippen LogP contribution in [0.1, 0.15) is 30.0 Å². The number of hydrogen-bond donors (Lipinski definition) is 0. The first-order valence-electron chi connectivity index (χ1n) is 6.54. The first-order valence-corrected chi connectivity index (χ1v) is 9.33. The van der Waals surface area contributed by atoms with Crippen LogP contribution in [0.3, 0.4) is 0 Å². The molecule has 0 amide bonds. The van der Waals surface area contributed by atoms with Gasteiger partial charge in [-0.05, 0) is 26.3 Å². The largest absolute Gasteiger partial charge is 0.383 e.